The Labute approximate surface area is 151 Å². The van der Waals surface area contributed by atoms with Gasteiger partial charge in [0.1, 0.15) is 6.10 Å². The summed E-state index contributed by atoms with van der Waals surface area (Å²) >= 11 is 0. The molecular formula is C20H31N3O2. The molecule has 1 aromatic rings. The van der Waals surface area contributed by atoms with Gasteiger partial charge in [-0.3, -0.25) is 4.99 Å². The highest BCUT2D eigenvalue weighted by atomic mass is 16.5. The summed E-state index contributed by atoms with van der Waals surface area (Å²) in [6.07, 6.45) is 3.89. The van der Waals surface area contributed by atoms with Gasteiger partial charge in [0.15, 0.2) is 5.96 Å². The fraction of sp³-hybridized carbons (Fsp3) is 0.650. The van der Waals surface area contributed by atoms with Crippen LogP contribution in [0.2, 0.25) is 0 Å². The molecule has 2 saturated heterocycles. The van der Waals surface area contributed by atoms with Crippen molar-refractivity contribution >= 4 is 5.96 Å². The molecule has 3 rings (SSSR count). The van der Waals surface area contributed by atoms with Crippen LogP contribution in [0, 0.1) is 6.92 Å². The summed E-state index contributed by atoms with van der Waals surface area (Å²) < 4.78 is 11.7. The van der Waals surface area contributed by atoms with E-state index in [9.17, 15) is 0 Å². The average molecular weight is 345 g/mol. The second-order valence-electron chi connectivity index (χ2n) is 6.82. The molecular weight excluding hydrogens is 314 g/mol. The number of nitrogens with one attached hydrogen (secondary N) is 1. The van der Waals surface area contributed by atoms with Crippen LogP contribution in [0.15, 0.2) is 29.3 Å². The normalized spacial score (nSPS) is 24.6. The summed E-state index contributed by atoms with van der Waals surface area (Å²) in [6, 6.07) is 8.49. The molecule has 2 heterocycles. The number of nitrogens with zero attached hydrogens (tertiary/aromatic N) is 2. The van der Waals surface area contributed by atoms with Gasteiger partial charge in [-0.15, -0.1) is 0 Å². The molecule has 2 fully saturated rings. The first-order valence-corrected chi connectivity index (χ1v) is 9.60. The number of hydrogen-bond acceptors (Lipinski definition) is 3. The van der Waals surface area contributed by atoms with E-state index in [1.807, 2.05) is 0 Å². The molecule has 138 valence electrons. The minimum absolute atomic E-state index is 0.108. The molecule has 0 amide bonds. The van der Waals surface area contributed by atoms with Crippen molar-refractivity contribution in [3.05, 3.63) is 35.4 Å². The lowest BCUT2D eigenvalue weighted by molar-refractivity contribution is -0.00835. The van der Waals surface area contributed by atoms with E-state index in [1.165, 1.54) is 24.0 Å². The molecule has 5 heteroatoms. The number of aryl methyl sites for hydroxylation is 1. The SMILES string of the molecule is CCNC(=NCCC1CCCO1)N1CCOC(c2ccccc2C)C1. The zero-order valence-corrected chi connectivity index (χ0v) is 15.5. The maximum Gasteiger partial charge on any atom is 0.194 e. The largest absolute Gasteiger partial charge is 0.378 e. The molecule has 2 atom stereocenters. The number of hydrogen-bond donors (Lipinski definition) is 1. The third kappa shape index (κ3) is 4.95. The first-order valence-electron chi connectivity index (χ1n) is 9.60. The fourth-order valence-corrected chi connectivity index (χ4v) is 3.59. The van der Waals surface area contributed by atoms with Gasteiger partial charge in [0.25, 0.3) is 0 Å². The standard InChI is InChI=1S/C20H31N3O2/c1-3-21-20(22-11-10-17-8-6-13-24-17)23-12-14-25-19(15-23)18-9-5-4-7-16(18)2/h4-5,7,9,17,19H,3,6,8,10-15H2,1-2H3,(H,21,22). The third-order valence-corrected chi connectivity index (χ3v) is 4.97. The van der Waals surface area contributed by atoms with Crippen molar-refractivity contribution in [3.63, 3.8) is 0 Å². The highest BCUT2D eigenvalue weighted by Gasteiger charge is 2.25. The Morgan fingerprint density at radius 1 is 1.28 bits per heavy atom. The first-order chi connectivity index (χ1) is 12.3. The molecule has 25 heavy (non-hydrogen) atoms. The van der Waals surface area contributed by atoms with Gasteiger partial charge in [0.2, 0.25) is 0 Å². The van der Waals surface area contributed by atoms with Gasteiger partial charge >= 0.3 is 0 Å². The fourth-order valence-electron chi connectivity index (χ4n) is 3.59. The first kappa shape index (κ1) is 18.2. The van der Waals surface area contributed by atoms with Gasteiger partial charge in [0, 0.05) is 26.2 Å². The summed E-state index contributed by atoms with van der Waals surface area (Å²) in [4.78, 5) is 7.18. The van der Waals surface area contributed by atoms with Crippen molar-refractivity contribution in [3.8, 4) is 0 Å². The highest BCUT2D eigenvalue weighted by Crippen LogP contribution is 2.25. The maximum absolute atomic E-state index is 6.04. The van der Waals surface area contributed by atoms with Gasteiger partial charge < -0.3 is 19.7 Å². The van der Waals surface area contributed by atoms with E-state index in [0.717, 1.165) is 51.8 Å². The van der Waals surface area contributed by atoms with E-state index < -0.39 is 0 Å². The minimum atomic E-state index is 0.108. The molecule has 1 N–H and O–H groups in total. The van der Waals surface area contributed by atoms with Crippen LogP contribution in [0.1, 0.15) is 43.4 Å². The van der Waals surface area contributed by atoms with Crippen LogP contribution >= 0.6 is 0 Å². The molecule has 2 unspecified atom stereocenters. The van der Waals surface area contributed by atoms with Crippen molar-refractivity contribution in [2.45, 2.75) is 45.3 Å². The Hall–Kier alpha value is -1.59. The lowest BCUT2D eigenvalue weighted by atomic mass is 10.0. The van der Waals surface area contributed by atoms with E-state index in [1.54, 1.807) is 0 Å². The van der Waals surface area contributed by atoms with Crippen LogP contribution in [0.25, 0.3) is 0 Å². The van der Waals surface area contributed by atoms with Crippen molar-refractivity contribution in [2.24, 2.45) is 4.99 Å². The van der Waals surface area contributed by atoms with Gasteiger partial charge in [0.05, 0.1) is 19.3 Å². The Kier molecular flexibility index (Phi) is 6.70. The summed E-state index contributed by atoms with van der Waals surface area (Å²) in [5, 5.41) is 3.44. The lowest BCUT2D eigenvalue weighted by Crippen LogP contribution is -2.48. The predicted octanol–water partition coefficient (Wildman–Crippen LogP) is 2.90. The summed E-state index contributed by atoms with van der Waals surface area (Å²) in [6.45, 7) is 9.34. The molecule has 0 aliphatic carbocycles. The Balaban J connectivity index is 1.62. The van der Waals surface area contributed by atoms with Gasteiger partial charge in [-0.05, 0) is 44.2 Å². The Morgan fingerprint density at radius 3 is 2.92 bits per heavy atom. The summed E-state index contributed by atoms with van der Waals surface area (Å²) in [5.74, 6) is 1.00. The molecule has 0 radical (unpaired) electrons. The summed E-state index contributed by atoms with van der Waals surface area (Å²) in [7, 11) is 0. The second kappa shape index (κ2) is 9.20. The Morgan fingerprint density at radius 2 is 2.16 bits per heavy atom. The molecule has 0 bridgehead atoms. The van der Waals surface area contributed by atoms with Gasteiger partial charge in [-0.25, -0.2) is 0 Å². The second-order valence-corrected chi connectivity index (χ2v) is 6.82. The van der Waals surface area contributed by atoms with Gasteiger partial charge in [-0.1, -0.05) is 24.3 Å². The lowest BCUT2D eigenvalue weighted by Gasteiger charge is -2.35. The van der Waals surface area contributed by atoms with E-state index in [-0.39, 0.29) is 6.10 Å². The average Bonchev–Trinajstić information content (AvgIpc) is 3.15. The minimum Gasteiger partial charge on any atom is -0.378 e. The van der Waals surface area contributed by atoms with Crippen molar-refractivity contribution in [1.82, 2.24) is 10.2 Å². The van der Waals surface area contributed by atoms with E-state index in [2.05, 4.69) is 48.3 Å². The zero-order valence-electron chi connectivity index (χ0n) is 15.5. The number of ether oxygens (including phenoxy) is 2. The van der Waals surface area contributed by atoms with Crippen LogP contribution in [-0.4, -0.2) is 56.4 Å². The summed E-state index contributed by atoms with van der Waals surface area (Å²) in [5.41, 5.74) is 2.57. The van der Waals surface area contributed by atoms with Gasteiger partial charge in [-0.2, -0.15) is 0 Å². The van der Waals surface area contributed by atoms with Crippen LogP contribution in [-0.2, 0) is 9.47 Å². The monoisotopic (exact) mass is 345 g/mol. The molecule has 2 aliphatic rings. The number of rotatable bonds is 5. The Bertz CT molecular complexity index is 570. The number of aliphatic imine (C=N–C) groups is 1. The number of guanidine groups is 1. The van der Waals surface area contributed by atoms with Crippen LogP contribution in [0.5, 0.6) is 0 Å². The topological polar surface area (TPSA) is 46.1 Å². The van der Waals surface area contributed by atoms with Crippen molar-refractivity contribution in [1.29, 1.82) is 0 Å². The quantitative estimate of drug-likeness (QED) is 0.658. The highest BCUT2D eigenvalue weighted by molar-refractivity contribution is 5.80. The van der Waals surface area contributed by atoms with E-state index >= 15 is 0 Å². The maximum atomic E-state index is 6.04. The zero-order chi connectivity index (χ0) is 17.5. The van der Waals surface area contributed by atoms with Crippen molar-refractivity contribution < 1.29 is 9.47 Å². The smallest absolute Gasteiger partial charge is 0.194 e. The van der Waals surface area contributed by atoms with Crippen LogP contribution < -0.4 is 5.32 Å². The van der Waals surface area contributed by atoms with E-state index in [0.29, 0.717) is 6.10 Å². The predicted molar refractivity (Wildman–Crippen MR) is 101 cm³/mol. The third-order valence-electron chi connectivity index (χ3n) is 4.97. The number of benzene rings is 1. The van der Waals surface area contributed by atoms with E-state index in [4.69, 9.17) is 14.5 Å². The molecule has 0 spiro atoms. The molecule has 0 aromatic heterocycles. The molecule has 0 saturated carbocycles. The molecule has 1 aromatic carbocycles. The van der Waals surface area contributed by atoms with Crippen LogP contribution in [0.4, 0.5) is 0 Å². The number of morpholine rings is 1. The van der Waals surface area contributed by atoms with Crippen molar-refractivity contribution in [2.75, 3.05) is 39.4 Å². The van der Waals surface area contributed by atoms with Crippen LogP contribution in [0.3, 0.4) is 0 Å². The molecule has 2 aliphatic heterocycles. The molecule has 5 nitrogen and oxygen atoms in total.